The van der Waals surface area contributed by atoms with Crippen molar-refractivity contribution in [3.05, 3.63) is 70.8 Å². The topological polar surface area (TPSA) is 58.4 Å². The van der Waals surface area contributed by atoms with E-state index in [0.29, 0.717) is 18.7 Å². The van der Waals surface area contributed by atoms with Gasteiger partial charge >= 0.3 is 0 Å². The first kappa shape index (κ1) is 21.4. The van der Waals surface area contributed by atoms with Gasteiger partial charge in [-0.15, -0.1) is 12.4 Å². The van der Waals surface area contributed by atoms with Crippen LogP contribution in [-0.2, 0) is 19.6 Å². The first-order valence-corrected chi connectivity index (χ1v) is 9.51. The Kier molecular flexibility index (Phi) is 8.29. The van der Waals surface area contributed by atoms with Gasteiger partial charge in [0.2, 0.25) is 0 Å². The highest BCUT2D eigenvalue weighted by molar-refractivity contribution is 5.94. The second-order valence-electron chi connectivity index (χ2n) is 7.36. The van der Waals surface area contributed by atoms with Gasteiger partial charge in [-0.3, -0.25) is 9.69 Å². The minimum Gasteiger partial charge on any atom is -0.348 e. The molecule has 0 aliphatic carbocycles. The number of nitrogens with one attached hydrogen (secondary N) is 1. The predicted octanol–water partition coefficient (Wildman–Crippen LogP) is 3.73. The third-order valence-corrected chi connectivity index (χ3v) is 5.21. The highest BCUT2D eigenvalue weighted by Gasteiger charge is 2.15. The molecule has 4 nitrogen and oxygen atoms in total. The molecule has 1 aliphatic heterocycles. The molecule has 1 amide bonds. The van der Waals surface area contributed by atoms with Gasteiger partial charge in [-0.1, -0.05) is 43.3 Å². The zero-order valence-corrected chi connectivity index (χ0v) is 16.8. The van der Waals surface area contributed by atoms with E-state index >= 15 is 0 Å². The molecule has 0 aromatic heterocycles. The Morgan fingerprint density at radius 1 is 1.00 bits per heavy atom. The highest BCUT2D eigenvalue weighted by Crippen LogP contribution is 2.18. The smallest absolute Gasteiger partial charge is 0.251 e. The Morgan fingerprint density at radius 2 is 1.56 bits per heavy atom. The van der Waals surface area contributed by atoms with Crippen molar-refractivity contribution in [3.8, 4) is 0 Å². The summed E-state index contributed by atoms with van der Waals surface area (Å²) in [6.07, 6.45) is 2.60. The van der Waals surface area contributed by atoms with Crippen molar-refractivity contribution in [2.45, 2.75) is 39.4 Å². The molecule has 3 N–H and O–H groups in total. The van der Waals surface area contributed by atoms with E-state index in [1.165, 1.54) is 31.5 Å². The van der Waals surface area contributed by atoms with Crippen LogP contribution in [0, 0.1) is 5.92 Å². The number of nitrogens with zero attached hydrogens (tertiary/aromatic N) is 1. The number of piperidine rings is 1. The Hall–Kier alpha value is -1.88. The van der Waals surface area contributed by atoms with Crippen molar-refractivity contribution in [1.29, 1.82) is 0 Å². The molecule has 1 saturated heterocycles. The SMILES string of the molecule is CC1CCN(Cc2ccc(CNC(=O)c3ccc(CN)cc3)cc2)CC1.Cl. The number of likely N-dealkylation sites (tertiary alicyclic amines) is 1. The van der Waals surface area contributed by atoms with E-state index in [1.807, 2.05) is 24.3 Å². The molecule has 0 spiro atoms. The van der Waals surface area contributed by atoms with Gasteiger partial charge in [0.05, 0.1) is 0 Å². The van der Waals surface area contributed by atoms with Gasteiger partial charge in [-0.25, -0.2) is 0 Å². The Bertz CT molecular complexity index is 707. The zero-order valence-electron chi connectivity index (χ0n) is 16.0. The van der Waals surface area contributed by atoms with Gasteiger partial charge in [0.1, 0.15) is 0 Å². The van der Waals surface area contributed by atoms with Crippen molar-refractivity contribution >= 4 is 18.3 Å². The van der Waals surface area contributed by atoms with Crippen LogP contribution < -0.4 is 11.1 Å². The Morgan fingerprint density at radius 3 is 2.15 bits per heavy atom. The number of amides is 1. The molecule has 0 atom stereocenters. The number of halogens is 1. The van der Waals surface area contributed by atoms with Crippen LogP contribution >= 0.6 is 12.4 Å². The number of nitrogens with two attached hydrogens (primary N) is 1. The first-order chi connectivity index (χ1) is 12.6. The second kappa shape index (κ2) is 10.5. The van der Waals surface area contributed by atoms with E-state index in [-0.39, 0.29) is 18.3 Å². The van der Waals surface area contributed by atoms with E-state index < -0.39 is 0 Å². The summed E-state index contributed by atoms with van der Waals surface area (Å²) in [7, 11) is 0. The van der Waals surface area contributed by atoms with E-state index in [1.54, 1.807) is 0 Å². The van der Waals surface area contributed by atoms with Gasteiger partial charge in [-0.05, 0) is 60.7 Å². The van der Waals surface area contributed by atoms with Crippen LogP contribution in [0.2, 0.25) is 0 Å². The van der Waals surface area contributed by atoms with Crippen LogP contribution in [0.1, 0.15) is 46.8 Å². The van der Waals surface area contributed by atoms with Crippen LogP contribution in [0.4, 0.5) is 0 Å². The van der Waals surface area contributed by atoms with Crippen LogP contribution in [0.5, 0.6) is 0 Å². The molecule has 1 fully saturated rings. The number of rotatable bonds is 6. The molecule has 27 heavy (non-hydrogen) atoms. The molecule has 0 saturated carbocycles. The minimum absolute atomic E-state index is 0. The lowest BCUT2D eigenvalue weighted by Crippen LogP contribution is -2.32. The van der Waals surface area contributed by atoms with E-state index in [0.717, 1.165) is 23.6 Å². The van der Waals surface area contributed by atoms with Crippen molar-refractivity contribution in [3.63, 3.8) is 0 Å². The number of benzene rings is 2. The molecular weight excluding hydrogens is 358 g/mol. The number of hydrogen-bond acceptors (Lipinski definition) is 3. The quantitative estimate of drug-likeness (QED) is 0.793. The summed E-state index contributed by atoms with van der Waals surface area (Å²) < 4.78 is 0. The molecule has 0 unspecified atom stereocenters. The standard InChI is InChI=1S/C22H29N3O.ClH/c1-17-10-12-25(13-11-17)16-20-4-2-19(3-5-20)15-24-22(26)21-8-6-18(14-23)7-9-21;/h2-9,17H,10-16,23H2,1H3,(H,24,26);1H. The average molecular weight is 388 g/mol. The van der Waals surface area contributed by atoms with E-state index in [4.69, 9.17) is 5.73 Å². The maximum atomic E-state index is 12.2. The van der Waals surface area contributed by atoms with E-state index in [9.17, 15) is 4.79 Å². The minimum atomic E-state index is -0.0555. The molecule has 2 aromatic rings. The second-order valence-corrected chi connectivity index (χ2v) is 7.36. The molecule has 146 valence electrons. The number of carbonyl (C=O) groups is 1. The van der Waals surface area contributed by atoms with Crippen LogP contribution in [0.3, 0.4) is 0 Å². The fraction of sp³-hybridized carbons (Fsp3) is 0.409. The fourth-order valence-corrected chi connectivity index (χ4v) is 3.32. The van der Waals surface area contributed by atoms with Crippen molar-refractivity contribution in [2.24, 2.45) is 11.7 Å². The third kappa shape index (κ3) is 6.35. The lowest BCUT2D eigenvalue weighted by molar-refractivity contribution is 0.0951. The summed E-state index contributed by atoms with van der Waals surface area (Å²) >= 11 is 0. The predicted molar refractivity (Wildman–Crippen MR) is 113 cm³/mol. The summed E-state index contributed by atoms with van der Waals surface area (Å²) in [6, 6.07) is 16.0. The lowest BCUT2D eigenvalue weighted by atomic mass is 9.99. The third-order valence-electron chi connectivity index (χ3n) is 5.21. The van der Waals surface area contributed by atoms with Gasteiger partial charge < -0.3 is 11.1 Å². The summed E-state index contributed by atoms with van der Waals surface area (Å²) in [5, 5.41) is 2.98. The maximum Gasteiger partial charge on any atom is 0.251 e. The highest BCUT2D eigenvalue weighted by atomic mass is 35.5. The molecular formula is C22H30ClN3O. The van der Waals surface area contributed by atoms with Crippen molar-refractivity contribution in [2.75, 3.05) is 13.1 Å². The molecule has 1 heterocycles. The van der Waals surface area contributed by atoms with Gasteiger partial charge in [0, 0.05) is 25.2 Å². The molecule has 0 radical (unpaired) electrons. The normalized spacial score (nSPS) is 15.2. The number of carbonyl (C=O) groups excluding carboxylic acids is 1. The Labute approximate surface area is 168 Å². The number of hydrogen-bond donors (Lipinski definition) is 2. The van der Waals surface area contributed by atoms with Crippen LogP contribution in [0.25, 0.3) is 0 Å². The van der Waals surface area contributed by atoms with Gasteiger partial charge in [0.25, 0.3) is 5.91 Å². The summed E-state index contributed by atoms with van der Waals surface area (Å²) in [6.45, 7) is 6.79. The summed E-state index contributed by atoms with van der Waals surface area (Å²) in [5.74, 6) is 0.809. The first-order valence-electron chi connectivity index (χ1n) is 9.51. The molecule has 0 bridgehead atoms. The zero-order chi connectivity index (χ0) is 18.4. The lowest BCUT2D eigenvalue weighted by Gasteiger charge is -2.30. The van der Waals surface area contributed by atoms with Crippen molar-refractivity contribution in [1.82, 2.24) is 10.2 Å². The van der Waals surface area contributed by atoms with Crippen LogP contribution in [-0.4, -0.2) is 23.9 Å². The monoisotopic (exact) mass is 387 g/mol. The molecule has 3 rings (SSSR count). The maximum absolute atomic E-state index is 12.2. The van der Waals surface area contributed by atoms with E-state index in [2.05, 4.69) is 41.4 Å². The van der Waals surface area contributed by atoms with Gasteiger partial charge in [0.15, 0.2) is 0 Å². The summed E-state index contributed by atoms with van der Waals surface area (Å²) in [4.78, 5) is 14.8. The largest absolute Gasteiger partial charge is 0.348 e. The van der Waals surface area contributed by atoms with Crippen molar-refractivity contribution < 1.29 is 4.79 Å². The average Bonchev–Trinajstić information content (AvgIpc) is 2.69. The van der Waals surface area contributed by atoms with Crippen LogP contribution in [0.15, 0.2) is 48.5 Å². The summed E-state index contributed by atoms with van der Waals surface area (Å²) in [5.41, 5.74) is 9.74. The molecule has 5 heteroatoms. The van der Waals surface area contributed by atoms with Gasteiger partial charge in [-0.2, -0.15) is 0 Å². The fourth-order valence-electron chi connectivity index (χ4n) is 3.32. The molecule has 1 aliphatic rings. The molecule has 2 aromatic carbocycles. The Balaban J connectivity index is 0.00000261.